The summed E-state index contributed by atoms with van der Waals surface area (Å²) in [4.78, 5) is 25.4. The highest BCUT2D eigenvalue weighted by Gasteiger charge is 2.68. The van der Waals surface area contributed by atoms with Gasteiger partial charge in [0.05, 0.1) is 5.41 Å². The first-order valence-electron chi connectivity index (χ1n) is 13.9. The molecule has 0 aromatic rings. The van der Waals surface area contributed by atoms with Crippen molar-refractivity contribution in [3.63, 3.8) is 0 Å². The lowest BCUT2D eigenvalue weighted by Gasteiger charge is -2.69. The Bertz CT molecular complexity index is 949. The lowest BCUT2D eigenvalue weighted by atomic mass is 9.35. The van der Waals surface area contributed by atoms with Crippen molar-refractivity contribution in [3.8, 4) is 0 Å². The first-order chi connectivity index (χ1) is 15.6. The molecule has 0 spiro atoms. The number of fused-ring (bicyclic) bond motifs is 7. The zero-order valence-electron chi connectivity index (χ0n) is 22.6. The minimum absolute atomic E-state index is 0.0365. The van der Waals surface area contributed by atoms with Crippen LogP contribution in [0.25, 0.3) is 0 Å². The van der Waals surface area contributed by atoms with Crippen molar-refractivity contribution >= 4 is 11.9 Å². The number of rotatable bonds is 1. The number of carbonyl (C=O) groups excluding carboxylic acids is 1. The monoisotopic (exact) mass is 469 g/mol. The van der Waals surface area contributed by atoms with Crippen molar-refractivity contribution in [2.45, 2.75) is 118 Å². The standard InChI is InChI=1S/C30H47NO3/c1-25(2)14-16-30(24(33)34)17-15-28(6)19(20(30)18-25)8-9-22-27(5)12-11-23(32)31-26(3,4)21(27)10-13-29(22,28)7/h8,20-22H,9-18H2,1-7H3,(H,31,32)(H,33,34)/t20?,21-,22-,27+,28-,29-,30+/m1/s1. The Hall–Kier alpha value is -1.32. The summed E-state index contributed by atoms with van der Waals surface area (Å²) < 4.78 is 0. The lowest BCUT2D eigenvalue weighted by Crippen LogP contribution is -2.64. The molecule has 0 radical (unpaired) electrons. The number of aliphatic carboxylic acids is 1. The molecule has 1 heterocycles. The summed E-state index contributed by atoms with van der Waals surface area (Å²) >= 11 is 0. The molecule has 7 atom stereocenters. The number of allylic oxidation sites excluding steroid dienone is 2. The van der Waals surface area contributed by atoms with Crippen LogP contribution in [-0.4, -0.2) is 22.5 Å². The molecule has 0 aromatic carbocycles. The summed E-state index contributed by atoms with van der Waals surface area (Å²) in [5.41, 5.74) is 1.19. The predicted molar refractivity (Wildman–Crippen MR) is 135 cm³/mol. The van der Waals surface area contributed by atoms with E-state index in [1.165, 1.54) is 12.0 Å². The molecule has 3 saturated carbocycles. The molecule has 1 aliphatic heterocycles. The van der Waals surface area contributed by atoms with E-state index < -0.39 is 11.4 Å². The van der Waals surface area contributed by atoms with Crippen LogP contribution in [0, 0.1) is 44.8 Å². The van der Waals surface area contributed by atoms with Gasteiger partial charge in [-0.25, -0.2) is 0 Å². The summed E-state index contributed by atoms with van der Waals surface area (Å²) in [7, 11) is 0. The molecule has 190 valence electrons. The van der Waals surface area contributed by atoms with Crippen molar-refractivity contribution in [1.29, 1.82) is 0 Å². The minimum Gasteiger partial charge on any atom is -0.481 e. The topological polar surface area (TPSA) is 66.4 Å². The number of carboxylic acid groups (broad SMARTS) is 1. The summed E-state index contributed by atoms with van der Waals surface area (Å²) in [6, 6.07) is 0. The van der Waals surface area contributed by atoms with Crippen molar-refractivity contribution < 1.29 is 14.7 Å². The van der Waals surface area contributed by atoms with Gasteiger partial charge in [0, 0.05) is 12.0 Å². The van der Waals surface area contributed by atoms with Crippen LogP contribution in [0.15, 0.2) is 11.6 Å². The highest BCUT2D eigenvalue weighted by Crippen LogP contribution is 2.74. The van der Waals surface area contributed by atoms with Crippen LogP contribution in [0.5, 0.6) is 0 Å². The van der Waals surface area contributed by atoms with E-state index in [1.54, 1.807) is 0 Å². The second kappa shape index (κ2) is 7.13. The van der Waals surface area contributed by atoms with Crippen LogP contribution in [0.3, 0.4) is 0 Å². The van der Waals surface area contributed by atoms with Crippen LogP contribution in [0.2, 0.25) is 0 Å². The third-order valence-electron chi connectivity index (χ3n) is 12.6. The Morgan fingerprint density at radius 3 is 2.29 bits per heavy atom. The number of carboxylic acids is 1. The molecule has 0 aromatic heterocycles. The summed E-state index contributed by atoms with van der Waals surface area (Å²) in [6.07, 6.45) is 12.1. The van der Waals surface area contributed by atoms with Crippen LogP contribution in [0.4, 0.5) is 0 Å². The average molecular weight is 470 g/mol. The van der Waals surface area contributed by atoms with E-state index in [9.17, 15) is 14.7 Å². The van der Waals surface area contributed by atoms with Crippen LogP contribution in [0.1, 0.15) is 113 Å². The minimum atomic E-state index is -0.578. The molecule has 4 fully saturated rings. The quantitative estimate of drug-likeness (QED) is 0.418. The van der Waals surface area contributed by atoms with E-state index in [0.29, 0.717) is 18.3 Å². The van der Waals surface area contributed by atoms with E-state index in [2.05, 4.69) is 59.9 Å². The second-order valence-corrected chi connectivity index (χ2v) is 14.9. The largest absolute Gasteiger partial charge is 0.481 e. The van der Waals surface area contributed by atoms with Gasteiger partial charge in [-0.15, -0.1) is 0 Å². The molecule has 34 heavy (non-hydrogen) atoms. The summed E-state index contributed by atoms with van der Waals surface area (Å²) in [6.45, 7) is 16.7. The fraction of sp³-hybridized carbons (Fsp3) is 0.867. The molecule has 5 aliphatic rings. The van der Waals surface area contributed by atoms with Gasteiger partial charge < -0.3 is 10.4 Å². The maximum atomic E-state index is 12.8. The van der Waals surface area contributed by atoms with Crippen LogP contribution < -0.4 is 5.32 Å². The Morgan fingerprint density at radius 1 is 0.941 bits per heavy atom. The number of carbonyl (C=O) groups is 2. The average Bonchev–Trinajstić information content (AvgIpc) is 2.80. The van der Waals surface area contributed by atoms with Gasteiger partial charge in [0.15, 0.2) is 0 Å². The first-order valence-corrected chi connectivity index (χ1v) is 13.9. The molecule has 5 rings (SSSR count). The highest BCUT2D eigenvalue weighted by atomic mass is 16.4. The van der Waals surface area contributed by atoms with Crippen molar-refractivity contribution in [2.75, 3.05) is 0 Å². The van der Waals surface area contributed by atoms with Gasteiger partial charge in [-0.1, -0.05) is 46.3 Å². The van der Waals surface area contributed by atoms with E-state index in [0.717, 1.165) is 51.4 Å². The van der Waals surface area contributed by atoms with Gasteiger partial charge in [0.25, 0.3) is 0 Å². The van der Waals surface area contributed by atoms with Crippen molar-refractivity contribution in [2.24, 2.45) is 44.8 Å². The third kappa shape index (κ3) is 3.01. The Morgan fingerprint density at radius 2 is 1.62 bits per heavy atom. The molecule has 1 saturated heterocycles. The predicted octanol–water partition coefficient (Wildman–Crippen LogP) is 6.74. The Balaban J connectivity index is 1.61. The fourth-order valence-corrected chi connectivity index (χ4v) is 10.4. The highest BCUT2D eigenvalue weighted by molar-refractivity contribution is 5.77. The second-order valence-electron chi connectivity index (χ2n) is 14.9. The number of hydrogen-bond donors (Lipinski definition) is 2. The summed E-state index contributed by atoms with van der Waals surface area (Å²) in [5, 5.41) is 13.9. The molecule has 1 amide bonds. The normalized spacial score (nSPS) is 49.2. The van der Waals surface area contributed by atoms with Gasteiger partial charge in [0.1, 0.15) is 0 Å². The van der Waals surface area contributed by atoms with Crippen LogP contribution in [-0.2, 0) is 9.59 Å². The molecular formula is C30H47NO3. The SMILES string of the molecule is CC1(C)CC[C@]2(C(=O)O)CC[C@]3(C)C(=CC[C@@H]4[C@@]5(C)CCC(=O)NC(C)(C)[C@H]5CC[C@]43C)C2C1. The van der Waals surface area contributed by atoms with E-state index in [1.807, 2.05) is 0 Å². The molecular weight excluding hydrogens is 422 g/mol. The molecule has 1 unspecified atom stereocenters. The van der Waals surface area contributed by atoms with Gasteiger partial charge in [-0.2, -0.15) is 0 Å². The number of nitrogens with one attached hydrogen (secondary N) is 1. The Kier molecular flexibility index (Phi) is 5.11. The van der Waals surface area contributed by atoms with Gasteiger partial charge in [-0.3, -0.25) is 9.59 Å². The Labute approximate surface area is 206 Å². The van der Waals surface area contributed by atoms with Crippen LogP contribution >= 0.6 is 0 Å². The number of amides is 1. The molecule has 0 bridgehead atoms. The van der Waals surface area contributed by atoms with E-state index in [-0.39, 0.29) is 39.0 Å². The van der Waals surface area contributed by atoms with Gasteiger partial charge >= 0.3 is 5.97 Å². The lowest BCUT2D eigenvalue weighted by molar-refractivity contribution is -0.175. The van der Waals surface area contributed by atoms with Crippen molar-refractivity contribution in [3.05, 3.63) is 11.6 Å². The zero-order chi connectivity index (χ0) is 24.9. The zero-order valence-corrected chi connectivity index (χ0v) is 22.6. The summed E-state index contributed by atoms with van der Waals surface area (Å²) in [5.74, 6) is 0.791. The molecule has 4 nitrogen and oxygen atoms in total. The molecule has 4 heteroatoms. The molecule has 4 aliphatic carbocycles. The number of hydrogen-bond acceptors (Lipinski definition) is 2. The smallest absolute Gasteiger partial charge is 0.310 e. The van der Waals surface area contributed by atoms with Gasteiger partial charge in [0.2, 0.25) is 5.91 Å². The van der Waals surface area contributed by atoms with E-state index >= 15 is 0 Å². The maximum Gasteiger partial charge on any atom is 0.310 e. The van der Waals surface area contributed by atoms with Gasteiger partial charge in [-0.05, 0) is 111 Å². The van der Waals surface area contributed by atoms with E-state index in [4.69, 9.17) is 0 Å². The first kappa shape index (κ1) is 24.4. The fourth-order valence-electron chi connectivity index (χ4n) is 10.4. The van der Waals surface area contributed by atoms with Crippen molar-refractivity contribution in [1.82, 2.24) is 5.32 Å². The molecule has 2 N–H and O–H groups in total. The third-order valence-corrected chi connectivity index (χ3v) is 12.6. The maximum absolute atomic E-state index is 12.8.